The highest BCUT2D eigenvalue weighted by Gasteiger charge is 2.17. The second kappa shape index (κ2) is 6.42. The van der Waals surface area contributed by atoms with Gasteiger partial charge in [0, 0.05) is 14.2 Å². The van der Waals surface area contributed by atoms with E-state index in [0.29, 0.717) is 17.0 Å². The minimum absolute atomic E-state index is 0.291. The van der Waals surface area contributed by atoms with Crippen LogP contribution in [0.5, 0.6) is 0 Å². The van der Waals surface area contributed by atoms with E-state index in [2.05, 4.69) is 22.6 Å². The Kier molecular flexibility index (Phi) is 5.09. The average molecular weight is 409 g/mol. The Labute approximate surface area is 136 Å². The van der Waals surface area contributed by atoms with Gasteiger partial charge in [-0.2, -0.15) is 0 Å². The van der Waals surface area contributed by atoms with Gasteiger partial charge in [-0.25, -0.2) is 4.39 Å². The van der Waals surface area contributed by atoms with E-state index in [4.69, 9.17) is 23.2 Å². The highest BCUT2D eigenvalue weighted by molar-refractivity contribution is 14.1. The Morgan fingerprint density at radius 3 is 2.58 bits per heavy atom. The molecule has 0 fully saturated rings. The van der Waals surface area contributed by atoms with E-state index in [0.717, 1.165) is 9.13 Å². The molecule has 0 aliphatic rings. The van der Waals surface area contributed by atoms with Crippen molar-refractivity contribution in [1.29, 1.82) is 0 Å². The van der Waals surface area contributed by atoms with Crippen molar-refractivity contribution in [2.75, 3.05) is 0 Å². The minimum atomic E-state index is -0.305. The lowest BCUT2D eigenvalue weighted by Gasteiger charge is -2.15. The molecule has 2 aromatic rings. The van der Waals surface area contributed by atoms with E-state index >= 15 is 0 Å². The normalized spacial score (nSPS) is 12.5. The van der Waals surface area contributed by atoms with Crippen molar-refractivity contribution in [1.82, 2.24) is 0 Å². The third kappa shape index (κ3) is 3.41. The van der Waals surface area contributed by atoms with Crippen LogP contribution in [-0.2, 0) is 6.42 Å². The van der Waals surface area contributed by atoms with Crippen molar-refractivity contribution in [2.24, 2.45) is 0 Å². The van der Waals surface area contributed by atoms with Crippen LogP contribution in [0, 0.1) is 16.3 Å². The summed E-state index contributed by atoms with van der Waals surface area (Å²) in [5, 5.41) is 0.134. The maximum Gasteiger partial charge on any atom is 0.127 e. The van der Waals surface area contributed by atoms with E-state index in [9.17, 15) is 4.39 Å². The second-order valence-corrected chi connectivity index (χ2v) is 6.36. The molecule has 19 heavy (non-hydrogen) atoms. The van der Waals surface area contributed by atoms with Crippen molar-refractivity contribution in [2.45, 2.75) is 18.7 Å². The van der Waals surface area contributed by atoms with Gasteiger partial charge in [-0.05, 0) is 59.2 Å². The molecule has 0 amide bonds. The summed E-state index contributed by atoms with van der Waals surface area (Å²) in [5.41, 5.74) is 2.66. The summed E-state index contributed by atoms with van der Waals surface area (Å²) in [4.78, 5) is 0. The molecule has 0 bridgehead atoms. The number of halogens is 4. The van der Waals surface area contributed by atoms with Crippen LogP contribution in [0.25, 0.3) is 0 Å². The molecular weight excluding hydrogens is 397 g/mol. The Bertz CT molecular complexity index is 578. The highest BCUT2D eigenvalue weighted by atomic mass is 127. The minimum Gasteiger partial charge on any atom is -0.207 e. The van der Waals surface area contributed by atoms with Gasteiger partial charge in [0.05, 0.1) is 5.38 Å². The van der Waals surface area contributed by atoms with Gasteiger partial charge in [0.2, 0.25) is 0 Å². The summed E-state index contributed by atoms with van der Waals surface area (Å²) in [5.74, 6) is -0.305. The van der Waals surface area contributed by atoms with Crippen molar-refractivity contribution < 1.29 is 4.39 Å². The van der Waals surface area contributed by atoms with Gasteiger partial charge in [-0.1, -0.05) is 35.9 Å². The monoisotopic (exact) mass is 408 g/mol. The summed E-state index contributed by atoms with van der Waals surface area (Å²) in [7, 11) is 0. The number of alkyl halides is 1. The van der Waals surface area contributed by atoms with Crippen molar-refractivity contribution >= 4 is 45.8 Å². The van der Waals surface area contributed by atoms with E-state index < -0.39 is 0 Å². The lowest BCUT2D eigenvalue weighted by Crippen LogP contribution is -2.02. The molecule has 0 spiro atoms. The zero-order chi connectivity index (χ0) is 14.0. The molecule has 0 N–H and O–H groups in total. The number of hydrogen-bond acceptors (Lipinski definition) is 0. The largest absolute Gasteiger partial charge is 0.207 e. The molecular formula is C15H12Cl2FI. The lowest BCUT2D eigenvalue weighted by molar-refractivity contribution is 0.607. The van der Waals surface area contributed by atoms with Gasteiger partial charge < -0.3 is 0 Å². The quantitative estimate of drug-likeness (QED) is 0.437. The Morgan fingerprint density at radius 2 is 1.89 bits per heavy atom. The third-order valence-corrected chi connectivity index (χ3v) is 5.22. The zero-order valence-electron chi connectivity index (χ0n) is 10.3. The zero-order valence-corrected chi connectivity index (χ0v) is 13.9. The molecule has 4 heteroatoms. The predicted molar refractivity (Wildman–Crippen MR) is 87.6 cm³/mol. The van der Waals surface area contributed by atoms with Crippen LogP contribution in [0.1, 0.15) is 22.1 Å². The molecule has 1 unspecified atom stereocenters. The van der Waals surface area contributed by atoms with Crippen LogP contribution >= 0.6 is 45.8 Å². The van der Waals surface area contributed by atoms with Crippen LogP contribution < -0.4 is 0 Å². The van der Waals surface area contributed by atoms with Crippen LogP contribution in [0.2, 0.25) is 5.02 Å². The molecule has 0 saturated heterocycles. The van der Waals surface area contributed by atoms with Crippen LogP contribution in [-0.4, -0.2) is 0 Å². The number of hydrogen-bond donors (Lipinski definition) is 0. The second-order valence-electron chi connectivity index (χ2n) is 4.35. The fraction of sp³-hybridized carbons (Fsp3) is 0.200. The highest BCUT2D eigenvalue weighted by Crippen LogP contribution is 2.33. The van der Waals surface area contributed by atoms with Gasteiger partial charge in [0.25, 0.3) is 0 Å². The van der Waals surface area contributed by atoms with E-state index in [-0.39, 0.29) is 11.2 Å². The number of benzene rings is 2. The molecule has 0 nitrogen and oxygen atoms in total. The SMILES string of the molecule is Cc1cccc(C(Cl)Cc2c(F)cccc2Cl)c1I. The predicted octanol–water partition coefficient (Wildman–Crippen LogP) is 5.91. The molecule has 0 radical (unpaired) electrons. The topological polar surface area (TPSA) is 0 Å². The standard InChI is InChI=1S/C15H12Cl2FI/c1-9-4-2-5-10(15(9)19)13(17)8-11-12(16)6-3-7-14(11)18/h2-7,13H,8H2,1H3. The Hall–Kier alpha value is -0.320. The smallest absolute Gasteiger partial charge is 0.127 e. The van der Waals surface area contributed by atoms with Gasteiger partial charge in [0.1, 0.15) is 5.82 Å². The molecule has 0 saturated carbocycles. The molecule has 2 rings (SSSR count). The molecule has 0 heterocycles. The van der Waals surface area contributed by atoms with Gasteiger partial charge >= 0.3 is 0 Å². The summed E-state index contributed by atoms with van der Waals surface area (Å²) in [6, 6.07) is 10.7. The van der Waals surface area contributed by atoms with Gasteiger partial charge in [-0.15, -0.1) is 11.6 Å². The molecule has 0 aliphatic heterocycles. The summed E-state index contributed by atoms with van der Waals surface area (Å²) >= 11 is 14.7. The first-order chi connectivity index (χ1) is 9.00. The first kappa shape index (κ1) is 15.1. The maximum atomic E-state index is 13.8. The van der Waals surface area contributed by atoms with Crippen molar-refractivity contribution in [3.05, 3.63) is 67.5 Å². The van der Waals surface area contributed by atoms with E-state index in [1.165, 1.54) is 11.6 Å². The Balaban J connectivity index is 2.31. The molecule has 0 aliphatic carbocycles. The lowest BCUT2D eigenvalue weighted by atomic mass is 10.0. The van der Waals surface area contributed by atoms with Crippen LogP contribution in [0.15, 0.2) is 36.4 Å². The van der Waals surface area contributed by atoms with E-state index in [1.807, 2.05) is 25.1 Å². The molecule has 1 atom stereocenters. The molecule has 0 aromatic heterocycles. The summed E-state index contributed by atoms with van der Waals surface area (Å²) in [6.07, 6.45) is 0.381. The summed E-state index contributed by atoms with van der Waals surface area (Å²) in [6.45, 7) is 2.03. The molecule has 100 valence electrons. The van der Waals surface area contributed by atoms with Crippen molar-refractivity contribution in [3.63, 3.8) is 0 Å². The third-order valence-electron chi connectivity index (χ3n) is 3.00. The van der Waals surface area contributed by atoms with Crippen LogP contribution in [0.4, 0.5) is 4.39 Å². The average Bonchev–Trinajstić information content (AvgIpc) is 2.37. The maximum absolute atomic E-state index is 13.8. The fourth-order valence-corrected chi connectivity index (χ4v) is 3.42. The number of aryl methyl sites for hydroxylation is 1. The van der Waals surface area contributed by atoms with Crippen LogP contribution in [0.3, 0.4) is 0 Å². The Morgan fingerprint density at radius 1 is 1.21 bits per heavy atom. The number of rotatable bonds is 3. The summed E-state index contributed by atoms with van der Waals surface area (Å²) < 4.78 is 14.9. The van der Waals surface area contributed by atoms with E-state index in [1.54, 1.807) is 12.1 Å². The van der Waals surface area contributed by atoms with Gasteiger partial charge in [0.15, 0.2) is 0 Å². The van der Waals surface area contributed by atoms with Gasteiger partial charge in [-0.3, -0.25) is 0 Å². The first-order valence-corrected chi connectivity index (χ1v) is 7.72. The molecule has 2 aromatic carbocycles. The van der Waals surface area contributed by atoms with Crippen molar-refractivity contribution in [3.8, 4) is 0 Å². The first-order valence-electron chi connectivity index (χ1n) is 5.82. The fourth-order valence-electron chi connectivity index (χ4n) is 1.93.